The second-order valence-corrected chi connectivity index (χ2v) is 6.50. The minimum absolute atomic E-state index is 0.0226. The highest BCUT2D eigenvalue weighted by Crippen LogP contribution is 2.32. The first-order valence-electron chi connectivity index (χ1n) is 8.26. The zero-order chi connectivity index (χ0) is 18.5. The fourth-order valence-corrected chi connectivity index (χ4v) is 3.30. The Labute approximate surface area is 155 Å². The van der Waals surface area contributed by atoms with Crippen molar-refractivity contribution in [2.24, 2.45) is 5.92 Å². The van der Waals surface area contributed by atoms with Crippen LogP contribution in [0.2, 0.25) is 5.02 Å². The summed E-state index contributed by atoms with van der Waals surface area (Å²) in [6.07, 6.45) is 3.25. The van der Waals surface area contributed by atoms with Crippen molar-refractivity contribution in [3.05, 3.63) is 57.2 Å². The van der Waals surface area contributed by atoms with Crippen LogP contribution in [-0.4, -0.2) is 29.6 Å². The van der Waals surface area contributed by atoms with E-state index in [1.54, 1.807) is 6.07 Å². The van der Waals surface area contributed by atoms with E-state index in [9.17, 15) is 10.1 Å². The van der Waals surface area contributed by atoms with E-state index in [1.165, 1.54) is 12.3 Å². The van der Waals surface area contributed by atoms with Gasteiger partial charge in [0.1, 0.15) is 17.4 Å². The van der Waals surface area contributed by atoms with E-state index in [-0.39, 0.29) is 23.0 Å². The molecule has 0 amide bonds. The van der Waals surface area contributed by atoms with Gasteiger partial charge in [-0.15, -0.1) is 0 Å². The largest absolute Gasteiger partial charge is 0.492 e. The molecule has 1 saturated heterocycles. The SMILES string of the molecule is N#Cc1ccnc(N2CCCC(COc3ccccc3Cl)C2)c1[N+](=O)[O-]. The van der Waals surface area contributed by atoms with Gasteiger partial charge in [0.2, 0.25) is 5.82 Å². The predicted octanol–water partition coefficient (Wildman–Crippen LogP) is 3.81. The van der Waals surface area contributed by atoms with Crippen LogP contribution >= 0.6 is 11.6 Å². The topological polar surface area (TPSA) is 92.3 Å². The van der Waals surface area contributed by atoms with E-state index < -0.39 is 4.92 Å². The molecule has 0 saturated carbocycles. The molecule has 7 nitrogen and oxygen atoms in total. The van der Waals surface area contributed by atoms with Gasteiger partial charge in [-0.25, -0.2) is 4.98 Å². The number of benzene rings is 1. The zero-order valence-corrected chi connectivity index (χ0v) is 14.7. The highest BCUT2D eigenvalue weighted by molar-refractivity contribution is 6.32. The number of para-hydroxylation sites is 1. The smallest absolute Gasteiger partial charge is 0.329 e. The summed E-state index contributed by atoms with van der Waals surface area (Å²) in [5, 5.41) is 21.1. The van der Waals surface area contributed by atoms with Crippen LogP contribution in [0, 0.1) is 27.4 Å². The number of aromatic nitrogens is 1. The number of hydrogen-bond donors (Lipinski definition) is 0. The van der Waals surface area contributed by atoms with Crippen LogP contribution in [0.25, 0.3) is 0 Å². The maximum Gasteiger partial charge on any atom is 0.329 e. The van der Waals surface area contributed by atoms with E-state index >= 15 is 0 Å². The second kappa shape index (κ2) is 8.02. The lowest BCUT2D eigenvalue weighted by atomic mass is 9.98. The van der Waals surface area contributed by atoms with Crippen molar-refractivity contribution in [2.45, 2.75) is 12.8 Å². The van der Waals surface area contributed by atoms with Crippen molar-refractivity contribution >= 4 is 23.1 Å². The molecular formula is C18H17ClN4O3. The molecule has 1 aliphatic heterocycles. The standard InChI is InChI=1S/C18H17ClN4O3/c19-15-5-1-2-6-16(15)26-12-13-4-3-9-22(11-13)18-17(23(24)25)14(10-20)7-8-21-18/h1-2,5-8,13H,3-4,9,11-12H2. The summed E-state index contributed by atoms with van der Waals surface area (Å²) in [5.41, 5.74) is -0.211. The van der Waals surface area contributed by atoms with E-state index in [2.05, 4.69) is 4.98 Å². The Hall–Kier alpha value is -2.85. The average molecular weight is 373 g/mol. The Morgan fingerprint density at radius 3 is 2.96 bits per heavy atom. The van der Waals surface area contributed by atoms with Crippen molar-refractivity contribution in [3.63, 3.8) is 0 Å². The summed E-state index contributed by atoms with van der Waals surface area (Å²) in [4.78, 5) is 16.9. The molecule has 1 unspecified atom stereocenters. The first kappa shape index (κ1) is 18.0. The third kappa shape index (κ3) is 3.86. The quantitative estimate of drug-likeness (QED) is 0.585. The molecule has 1 aliphatic rings. The Morgan fingerprint density at radius 1 is 1.42 bits per heavy atom. The Morgan fingerprint density at radius 2 is 2.23 bits per heavy atom. The lowest BCUT2D eigenvalue weighted by Crippen LogP contribution is -2.38. The summed E-state index contributed by atoms with van der Waals surface area (Å²) in [5.74, 6) is 1.06. The van der Waals surface area contributed by atoms with Crippen LogP contribution in [0.5, 0.6) is 5.75 Å². The third-order valence-electron chi connectivity index (χ3n) is 4.34. The first-order chi connectivity index (χ1) is 12.6. The molecule has 8 heteroatoms. The molecule has 1 atom stereocenters. The number of rotatable bonds is 5. The van der Waals surface area contributed by atoms with Gasteiger partial charge in [0, 0.05) is 25.2 Å². The Kier molecular flexibility index (Phi) is 5.54. The number of pyridine rings is 1. The molecule has 26 heavy (non-hydrogen) atoms. The minimum Gasteiger partial charge on any atom is -0.492 e. The van der Waals surface area contributed by atoms with Gasteiger partial charge in [-0.1, -0.05) is 23.7 Å². The van der Waals surface area contributed by atoms with Crippen molar-refractivity contribution < 1.29 is 9.66 Å². The number of piperidine rings is 1. The zero-order valence-electron chi connectivity index (χ0n) is 14.0. The average Bonchev–Trinajstić information content (AvgIpc) is 2.67. The Bertz CT molecular complexity index is 853. The van der Waals surface area contributed by atoms with E-state index in [0.717, 1.165) is 12.8 Å². The molecule has 0 radical (unpaired) electrons. The summed E-state index contributed by atoms with van der Waals surface area (Å²) < 4.78 is 5.82. The molecule has 2 aromatic rings. The number of halogens is 1. The van der Waals surface area contributed by atoms with E-state index in [1.807, 2.05) is 29.2 Å². The van der Waals surface area contributed by atoms with Crippen LogP contribution in [0.15, 0.2) is 36.5 Å². The summed E-state index contributed by atoms with van der Waals surface area (Å²) in [6, 6.07) is 10.5. The number of nitriles is 1. The van der Waals surface area contributed by atoms with Crippen molar-refractivity contribution in [1.82, 2.24) is 4.98 Å². The van der Waals surface area contributed by atoms with Gasteiger partial charge in [-0.3, -0.25) is 10.1 Å². The van der Waals surface area contributed by atoms with Crippen molar-refractivity contribution in [3.8, 4) is 11.8 Å². The molecule has 0 bridgehead atoms. The maximum absolute atomic E-state index is 11.4. The normalized spacial score (nSPS) is 16.8. The minimum atomic E-state index is -0.537. The predicted molar refractivity (Wildman–Crippen MR) is 97.5 cm³/mol. The van der Waals surface area contributed by atoms with Crippen LogP contribution in [0.1, 0.15) is 18.4 Å². The molecular weight excluding hydrogens is 356 g/mol. The molecule has 2 heterocycles. The highest BCUT2D eigenvalue weighted by Gasteiger charge is 2.29. The lowest BCUT2D eigenvalue weighted by Gasteiger charge is -2.33. The molecule has 1 aromatic carbocycles. The number of anilines is 1. The second-order valence-electron chi connectivity index (χ2n) is 6.10. The van der Waals surface area contributed by atoms with Gasteiger partial charge in [0.15, 0.2) is 0 Å². The third-order valence-corrected chi connectivity index (χ3v) is 4.65. The van der Waals surface area contributed by atoms with Crippen molar-refractivity contribution in [2.75, 3.05) is 24.6 Å². The van der Waals surface area contributed by atoms with Crippen LogP contribution in [-0.2, 0) is 0 Å². The van der Waals surface area contributed by atoms with Crippen LogP contribution in [0.4, 0.5) is 11.5 Å². The maximum atomic E-state index is 11.4. The summed E-state index contributed by atoms with van der Waals surface area (Å²) in [6.45, 7) is 1.70. The number of hydrogen-bond acceptors (Lipinski definition) is 6. The fourth-order valence-electron chi connectivity index (χ4n) is 3.11. The lowest BCUT2D eigenvalue weighted by molar-refractivity contribution is -0.384. The van der Waals surface area contributed by atoms with Gasteiger partial charge in [0.05, 0.1) is 16.6 Å². The van der Waals surface area contributed by atoms with E-state index in [0.29, 0.717) is 30.5 Å². The van der Waals surface area contributed by atoms with Gasteiger partial charge >= 0.3 is 5.69 Å². The number of nitro groups is 1. The van der Waals surface area contributed by atoms with Gasteiger partial charge in [-0.2, -0.15) is 5.26 Å². The number of ether oxygens (including phenoxy) is 1. The monoisotopic (exact) mass is 372 g/mol. The molecule has 134 valence electrons. The van der Waals surface area contributed by atoms with Gasteiger partial charge in [-0.05, 0) is 31.0 Å². The summed E-state index contributed by atoms with van der Waals surface area (Å²) >= 11 is 6.10. The molecule has 0 spiro atoms. The van der Waals surface area contributed by atoms with Gasteiger partial charge in [0.25, 0.3) is 0 Å². The Balaban J connectivity index is 1.74. The van der Waals surface area contributed by atoms with Gasteiger partial charge < -0.3 is 9.64 Å². The molecule has 0 aliphatic carbocycles. The molecule has 1 aromatic heterocycles. The summed E-state index contributed by atoms with van der Waals surface area (Å²) in [7, 11) is 0. The van der Waals surface area contributed by atoms with Crippen molar-refractivity contribution in [1.29, 1.82) is 5.26 Å². The number of nitrogens with zero attached hydrogens (tertiary/aromatic N) is 4. The molecule has 0 N–H and O–H groups in total. The highest BCUT2D eigenvalue weighted by atomic mass is 35.5. The first-order valence-corrected chi connectivity index (χ1v) is 8.63. The van der Waals surface area contributed by atoms with Crippen LogP contribution in [0.3, 0.4) is 0 Å². The van der Waals surface area contributed by atoms with Crippen LogP contribution < -0.4 is 9.64 Å². The molecule has 3 rings (SSSR count). The molecule has 1 fully saturated rings. The van der Waals surface area contributed by atoms with E-state index in [4.69, 9.17) is 21.6 Å². The fraction of sp³-hybridized carbons (Fsp3) is 0.333.